The van der Waals surface area contributed by atoms with E-state index in [1.54, 1.807) is 19.3 Å². The molecule has 4 aromatic rings. The zero-order chi connectivity index (χ0) is 25.2. The van der Waals surface area contributed by atoms with Crippen molar-refractivity contribution in [3.05, 3.63) is 120 Å². The standard InChI is InChI=1S/C28H25N4O2PS/c1-30-28(33)24-12-5-6-13-27(24)36-22-15-16-23(25(29)17-14-20-9-7-8-18-31-20)26(19-22)32-35-34-21-10-3-2-4-11-21/h2-19,29,32,35H,1H3,(H,30,33)/b17-14+,29-25?. The van der Waals surface area contributed by atoms with Crippen molar-refractivity contribution in [2.75, 3.05) is 12.1 Å². The first kappa shape index (κ1) is 25.2. The summed E-state index contributed by atoms with van der Waals surface area (Å²) >= 11 is 1.50. The molecule has 1 unspecified atom stereocenters. The topological polar surface area (TPSA) is 87.1 Å². The number of allylic oxidation sites excluding steroid dienone is 1. The number of nitrogens with zero attached hydrogens (tertiary/aromatic N) is 1. The third-order valence-corrected chi connectivity index (χ3v) is 6.85. The predicted octanol–water partition coefficient (Wildman–Crippen LogP) is 6.67. The van der Waals surface area contributed by atoms with Crippen molar-refractivity contribution in [2.45, 2.75) is 9.79 Å². The van der Waals surface area contributed by atoms with Gasteiger partial charge in [0.1, 0.15) is 5.75 Å². The number of nitrogens with one attached hydrogen (secondary N) is 3. The number of carbonyl (C=O) groups excluding carboxylic acids is 1. The Bertz CT molecular complexity index is 1360. The number of rotatable bonds is 10. The van der Waals surface area contributed by atoms with Crippen LogP contribution in [0.1, 0.15) is 21.6 Å². The molecule has 36 heavy (non-hydrogen) atoms. The summed E-state index contributed by atoms with van der Waals surface area (Å²) < 4.78 is 5.86. The monoisotopic (exact) mass is 512 g/mol. The Morgan fingerprint density at radius 2 is 1.75 bits per heavy atom. The Labute approximate surface area is 216 Å². The van der Waals surface area contributed by atoms with E-state index in [9.17, 15) is 4.79 Å². The average Bonchev–Trinajstić information content (AvgIpc) is 2.93. The Balaban J connectivity index is 1.59. The minimum atomic E-state index is -0.132. The van der Waals surface area contributed by atoms with Crippen LogP contribution >= 0.6 is 20.7 Å². The van der Waals surface area contributed by atoms with Gasteiger partial charge in [-0.25, -0.2) is 0 Å². The summed E-state index contributed by atoms with van der Waals surface area (Å²) in [7, 11) is 1.58. The molecule has 3 N–H and O–H groups in total. The molecule has 0 saturated carbocycles. The molecule has 0 aliphatic carbocycles. The molecule has 8 heteroatoms. The fraction of sp³-hybridized carbons (Fsp3) is 0.0357. The maximum absolute atomic E-state index is 12.3. The van der Waals surface area contributed by atoms with Crippen LogP contribution in [-0.2, 0) is 0 Å². The van der Waals surface area contributed by atoms with Crippen molar-refractivity contribution in [1.82, 2.24) is 10.3 Å². The molecule has 0 spiro atoms. The number of hydrogen-bond acceptors (Lipinski definition) is 6. The van der Waals surface area contributed by atoms with E-state index in [0.29, 0.717) is 11.3 Å². The fourth-order valence-corrected chi connectivity index (χ4v) is 4.90. The molecule has 1 heterocycles. The first-order valence-corrected chi connectivity index (χ1v) is 12.9. The summed E-state index contributed by atoms with van der Waals surface area (Å²) in [5.74, 6) is 0.632. The van der Waals surface area contributed by atoms with Gasteiger partial charge < -0.3 is 20.3 Å². The zero-order valence-electron chi connectivity index (χ0n) is 19.6. The highest BCUT2D eigenvalue weighted by molar-refractivity contribution is 7.99. The van der Waals surface area contributed by atoms with E-state index < -0.39 is 0 Å². The largest absolute Gasteiger partial charge is 0.456 e. The van der Waals surface area contributed by atoms with Gasteiger partial charge in [-0.15, -0.1) is 0 Å². The molecule has 0 fully saturated rings. The van der Waals surface area contributed by atoms with E-state index in [1.165, 1.54) is 11.8 Å². The van der Waals surface area contributed by atoms with E-state index >= 15 is 0 Å². The van der Waals surface area contributed by atoms with Crippen molar-refractivity contribution in [3.8, 4) is 5.75 Å². The highest BCUT2D eigenvalue weighted by Gasteiger charge is 2.13. The van der Waals surface area contributed by atoms with Gasteiger partial charge in [0.15, 0.2) is 8.96 Å². The molecule has 1 amide bonds. The number of anilines is 1. The number of para-hydroxylation sites is 1. The number of pyridine rings is 1. The van der Waals surface area contributed by atoms with Gasteiger partial charge in [0.05, 0.1) is 22.7 Å². The molecule has 1 atom stereocenters. The van der Waals surface area contributed by atoms with Gasteiger partial charge in [-0.05, 0) is 66.7 Å². The summed E-state index contributed by atoms with van der Waals surface area (Å²) in [6.45, 7) is 0. The van der Waals surface area contributed by atoms with Gasteiger partial charge in [0.25, 0.3) is 5.91 Å². The second-order valence-corrected chi connectivity index (χ2v) is 9.30. The Morgan fingerprint density at radius 1 is 0.972 bits per heavy atom. The minimum Gasteiger partial charge on any atom is -0.456 e. The zero-order valence-corrected chi connectivity index (χ0v) is 21.4. The third kappa shape index (κ3) is 6.81. The lowest BCUT2D eigenvalue weighted by Crippen LogP contribution is -2.18. The van der Waals surface area contributed by atoms with Crippen LogP contribution in [0.4, 0.5) is 5.69 Å². The van der Waals surface area contributed by atoms with Crippen LogP contribution in [0.3, 0.4) is 0 Å². The SMILES string of the molecule is CNC(=O)c1ccccc1Sc1ccc(C(=N)/C=C/c2ccccn2)c(NPOc2ccccc2)c1. The van der Waals surface area contributed by atoms with Crippen molar-refractivity contribution in [3.63, 3.8) is 0 Å². The molecule has 1 aromatic heterocycles. The van der Waals surface area contributed by atoms with Gasteiger partial charge in [-0.1, -0.05) is 48.2 Å². The quantitative estimate of drug-likeness (QED) is 0.163. The van der Waals surface area contributed by atoms with Gasteiger partial charge >= 0.3 is 0 Å². The lowest BCUT2D eigenvalue weighted by Gasteiger charge is -2.14. The average molecular weight is 513 g/mol. The first-order chi connectivity index (χ1) is 17.6. The van der Waals surface area contributed by atoms with E-state index in [4.69, 9.17) is 9.93 Å². The van der Waals surface area contributed by atoms with Gasteiger partial charge in [0.2, 0.25) is 0 Å². The molecule has 180 valence electrons. The van der Waals surface area contributed by atoms with Gasteiger partial charge in [-0.3, -0.25) is 9.78 Å². The van der Waals surface area contributed by atoms with Crippen LogP contribution in [0.5, 0.6) is 5.75 Å². The summed E-state index contributed by atoms with van der Waals surface area (Å²) in [4.78, 5) is 18.4. The molecule has 0 aliphatic heterocycles. The van der Waals surface area contributed by atoms with Crippen molar-refractivity contribution in [2.24, 2.45) is 0 Å². The number of amides is 1. The maximum Gasteiger partial charge on any atom is 0.252 e. The number of benzene rings is 3. The van der Waals surface area contributed by atoms with E-state index in [2.05, 4.69) is 15.4 Å². The molecule has 0 saturated heterocycles. The highest BCUT2D eigenvalue weighted by atomic mass is 32.2. The molecule has 6 nitrogen and oxygen atoms in total. The minimum absolute atomic E-state index is 0.0475. The van der Waals surface area contributed by atoms with Crippen molar-refractivity contribution < 1.29 is 9.32 Å². The van der Waals surface area contributed by atoms with Crippen LogP contribution in [0.2, 0.25) is 0 Å². The second kappa shape index (κ2) is 12.7. The smallest absolute Gasteiger partial charge is 0.252 e. The highest BCUT2D eigenvalue weighted by Crippen LogP contribution is 2.35. The van der Waals surface area contributed by atoms with E-state index in [0.717, 1.165) is 32.5 Å². The molecule has 4 rings (SSSR count). The van der Waals surface area contributed by atoms with Crippen LogP contribution in [0.15, 0.2) is 113 Å². The van der Waals surface area contributed by atoms with E-state index in [1.807, 2.05) is 97.1 Å². The molecule has 0 aliphatic rings. The van der Waals surface area contributed by atoms with Gasteiger partial charge in [0, 0.05) is 28.6 Å². The Morgan fingerprint density at radius 3 is 2.53 bits per heavy atom. The molecular weight excluding hydrogens is 487 g/mol. The second-order valence-electron chi connectivity index (χ2n) is 7.53. The third-order valence-electron chi connectivity index (χ3n) is 5.07. The maximum atomic E-state index is 12.3. The molecule has 0 radical (unpaired) electrons. The Kier molecular flexibility index (Phi) is 8.87. The summed E-state index contributed by atoms with van der Waals surface area (Å²) in [6.07, 6.45) is 5.27. The normalized spacial score (nSPS) is 11.0. The number of aromatic nitrogens is 1. The summed E-state index contributed by atoms with van der Waals surface area (Å²) in [5, 5.41) is 14.7. The number of carbonyl (C=O) groups is 1. The molecule has 0 bridgehead atoms. The summed E-state index contributed by atoms with van der Waals surface area (Å²) in [6, 6.07) is 28.6. The van der Waals surface area contributed by atoms with E-state index in [-0.39, 0.29) is 14.9 Å². The van der Waals surface area contributed by atoms with Crippen LogP contribution in [0, 0.1) is 5.41 Å². The lowest BCUT2D eigenvalue weighted by atomic mass is 10.1. The van der Waals surface area contributed by atoms with Crippen LogP contribution < -0.4 is 14.9 Å². The molecule has 3 aromatic carbocycles. The van der Waals surface area contributed by atoms with Crippen LogP contribution in [0.25, 0.3) is 6.08 Å². The van der Waals surface area contributed by atoms with Crippen LogP contribution in [-0.4, -0.2) is 23.7 Å². The van der Waals surface area contributed by atoms with Crippen molar-refractivity contribution in [1.29, 1.82) is 5.41 Å². The Hall–Kier alpha value is -3.93. The lowest BCUT2D eigenvalue weighted by molar-refractivity contribution is 0.0960. The van der Waals surface area contributed by atoms with Crippen molar-refractivity contribution >= 4 is 44.1 Å². The fourth-order valence-electron chi connectivity index (χ4n) is 3.29. The predicted molar refractivity (Wildman–Crippen MR) is 150 cm³/mol. The summed E-state index contributed by atoms with van der Waals surface area (Å²) in [5.41, 5.74) is 3.24. The molecular formula is C28H25N4O2PS. The number of hydrogen-bond donors (Lipinski definition) is 3. The first-order valence-electron chi connectivity index (χ1n) is 11.2. The van der Waals surface area contributed by atoms with Gasteiger partial charge in [-0.2, -0.15) is 0 Å².